The van der Waals surface area contributed by atoms with E-state index in [0.29, 0.717) is 22.2 Å². The molecule has 2 heterocycles. The topological polar surface area (TPSA) is 89.8 Å². The number of hydrogen-bond acceptors (Lipinski definition) is 6. The molecule has 4 aromatic rings. The van der Waals surface area contributed by atoms with Gasteiger partial charge in [-0.05, 0) is 55.5 Å². The van der Waals surface area contributed by atoms with Gasteiger partial charge in [0, 0.05) is 40.3 Å². The van der Waals surface area contributed by atoms with E-state index in [2.05, 4.69) is 20.5 Å². The molecule has 0 saturated carbocycles. The lowest BCUT2D eigenvalue weighted by atomic mass is 9.95. The number of carbonyl (C=O) groups is 2. The molecule has 7 nitrogen and oxygen atoms in total. The third kappa shape index (κ3) is 5.84. The molecule has 2 aromatic carbocycles. The zero-order chi connectivity index (χ0) is 25.0. The van der Waals surface area contributed by atoms with Crippen LogP contribution in [0.25, 0.3) is 17.1 Å². The summed E-state index contributed by atoms with van der Waals surface area (Å²) in [6.45, 7) is 7.60. The second kappa shape index (κ2) is 10.2. The van der Waals surface area contributed by atoms with Crippen LogP contribution in [-0.4, -0.2) is 37.2 Å². The summed E-state index contributed by atoms with van der Waals surface area (Å²) in [6.07, 6.45) is 3.43. The predicted octanol–water partition coefficient (Wildman–Crippen LogP) is 5.60. The Labute approximate surface area is 209 Å². The van der Waals surface area contributed by atoms with Crippen molar-refractivity contribution in [3.05, 3.63) is 84.2 Å². The number of rotatable bonds is 7. The Bertz CT molecular complexity index is 1330. The average Bonchev–Trinajstić information content (AvgIpc) is 3.27. The molecule has 0 saturated heterocycles. The first-order valence-corrected chi connectivity index (χ1v) is 12.2. The van der Waals surface area contributed by atoms with Crippen LogP contribution in [0.4, 0.5) is 5.69 Å². The summed E-state index contributed by atoms with van der Waals surface area (Å²) in [5.41, 5.74) is 3.70. The Hall–Kier alpha value is -3.78. The number of pyridine rings is 1. The highest BCUT2D eigenvalue weighted by Crippen LogP contribution is 2.28. The van der Waals surface area contributed by atoms with Crippen molar-refractivity contribution >= 4 is 29.1 Å². The molecular formula is C27H27N5O2S. The van der Waals surface area contributed by atoms with Crippen molar-refractivity contribution < 1.29 is 9.59 Å². The van der Waals surface area contributed by atoms with Gasteiger partial charge in [-0.2, -0.15) is 0 Å². The van der Waals surface area contributed by atoms with Gasteiger partial charge in [-0.15, -0.1) is 10.2 Å². The number of Topliss-reactive ketones (excluding diaryl/α,β-unsaturated/α-hetero) is 1. The van der Waals surface area contributed by atoms with E-state index in [9.17, 15) is 9.59 Å². The van der Waals surface area contributed by atoms with E-state index in [0.717, 1.165) is 16.8 Å². The maximum Gasteiger partial charge on any atom is 0.229 e. The minimum atomic E-state index is -0.492. The van der Waals surface area contributed by atoms with Gasteiger partial charge in [0.25, 0.3) is 0 Å². The molecule has 178 valence electrons. The monoisotopic (exact) mass is 485 g/mol. The number of nitrogens with one attached hydrogen (secondary N) is 1. The molecule has 0 aliphatic heterocycles. The van der Waals surface area contributed by atoms with Gasteiger partial charge in [-0.25, -0.2) is 0 Å². The number of anilines is 1. The zero-order valence-corrected chi connectivity index (χ0v) is 21.0. The van der Waals surface area contributed by atoms with E-state index in [1.54, 1.807) is 36.7 Å². The van der Waals surface area contributed by atoms with E-state index in [1.165, 1.54) is 11.8 Å². The van der Waals surface area contributed by atoms with Crippen molar-refractivity contribution in [2.75, 3.05) is 11.1 Å². The van der Waals surface area contributed by atoms with Gasteiger partial charge in [0.05, 0.1) is 5.75 Å². The minimum absolute atomic E-state index is 0.0346. The average molecular weight is 486 g/mol. The molecule has 0 spiro atoms. The van der Waals surface area contributed by atoms with Crippen LogP contribution in [-0.2, 0) is 4.79 Å². The Morgan fingerprint density at radius 3 is 2.20 bits per heavy atom. The first-order chi connectivity index (χ1) is 16.7. The zero-order valence-electron chi connectivity index (χ0n) is 20.1. The van der Waals surface area contributed by atoms with E-state index in [-0.39, 0.29) is 17.4 Å². The molecule has 0 fully saturated rings. The lowest BCUT2D eigenvalue weighted by Crippen LogP contribution is -2.27. The molecule has 0 unspecified atom stereocenters. The number of benzene rings is 2. The van der Waals surface area contributed by atoms with E-state index in [4.69, 9.17) is 0 Å². The molecule has 0 atom stereocenters. The smallest absolute Gasteiger partial charge is 0.229 e. The molecule has 8 heteroatoms. The summed E-state index contributed by atoms with van der Waals surface area (Å²) in [4.78, 5) is 29.2. The van der Waals surface area contributed by atoms with Crippen LogP contribution in [0.3, 0.4) is 0 Å². The number of thioether (sulfide) groups is 1. The van der Waals surface area contributed by atoms with Gasteiger partial charge in [0.15, 0.2) is 16.8 Å². The summed E-state index contributed by atoms with van der Waals surface area (Å²) >= 11 is 1.34. The minimum Gasteiger partial charge on any atom is -0.326 e. The van der Waals surface area contributed by atoms with Gasteiger partial charge < -0.3 is 5.32 Å². The van der Waals surface area contributed by atoms with Crippen molar-refractivity contribution in [1.82, 2.24) is 19.7 Å². The van der Waals surface area contributed by atoms with Crippen LogP contribution < -0.4 is 5.32 Å². The molecule has 2 aromatic heterocycles. The lowest BCUT2D eigenvalue weighted by molar-refractivity contribution is -0.123. The van der Waals surface area contributed by atoms with E-state index in [1.807, 2.05) is 68.7 Å². The Morgan fingerprint density at radius 1 is 0.914 bits per heavy atom. The number of aromatic nitrogens is 4. The van der Waals surface area contributed by atoms with E-state index >= 15 is 0 Å². The number of aryl methyl sites for hydroxylation is 1. The molecule has 35 heavy (non-hydrogen) atoms. The van der Waals surface area contributed by atoms with Crippen LogP contribution >= 0.6 is 11.8 Å². The molecule has 0 bridgehead atoms. The van der Waals surface area contributed by atoms with Gasteiger partial charge in [-0.1, -0.05) is 50.2 Å². The quantitative estimate of drug-likeness (QED) is 0.271. The van der Waals surface area contributed by atoms with Crippen LogP contribution in [0, 0.1) is 12.3 Å². The lowest BCUT2D eigenvalue weighted by Gasteiger charge is -2.17. The highest BCUT2D eigenvalue weighted by molar-refractivity contribution is 7.99. The molecular weight excluding hydrogens is 458 g/mol. The summed E-state index contributed by atoms with van der Waals surface area (Å²) in [5.74, 6) is 0.777. The summed E-state index contributed by atoms with van der Waals surface area (Å²) in [7, 11) is 0. The molecule has 0 radical (unpaired) electrons. The second-order valence-electron chi connectivity index (χ2n) is 9.21. The molecule has 0 aliphatic carbocycles. The Balaban J connectivity index is 1.53. The first kappa shape index (κ1) is 24.3. The van der Waals surface area contributed by atoms with Gasteiger partial charge >= 0.3 is 0 Å². The number of nitrogens with zero attached hydrogens (tertiary/aromatic N) is 4. The predicted molar refractivity (Wildman–Crippen MR) is 139 cm³/mol. The van der Waals surface area contributed by atoms with Crippen molar-refractivity contribution in [2.45, 2.75) is 32.9 Å². The fraction of sp³-hybridized carbons (Fsp3) is 0.222. The van der Waals surface area contributed by atoms with Gasteiger partial charge in [0.1, 0.15) is 0 Å². The standard InChI is InChI=1S/C27H27N5O2S/c1-18-5-11-22(12-6-18)32-24(20-13-15-28-16-14-20)30-31-26(32)35-17-23(33)19-7-9-21(10-8-19)29-25(34)27(2,3)4/h5-16H,17H2,1-4H3,(H,29,34). The van der Waals surface area contributed by atoms with Crippen LogP contribution in [0.2, 0.25) is 0 Å². The molecule has 4 rings (SSSR count). The van der Waals surface area contributed by atoms with Crippen LogP contribution in [0.5, 0.6) is 0 Å². The number of carbonyl (C=O) groups excluding carboxylic acids is 2. The Kier molecular flexibility index (Phi) is 7.12. The highest BCUT2D eigenvalue weighted by atomic mass is 32.2. The fourth-order valence-electron chi connectivity index (χ4n) is 3.25. The number of hydrogen-bond donors (Lipinski definition) is 1. The summed E-state index contributed by atoms with van der Waals surface area (Å²) in [5, 5.41) is 12.3. The first-order valence-electron chi connectivity index (χ1n) is 11.2. The van der Waals surface area contributed by atoms with Crippen LogP contribution in [0.15, 0.2) is 78.2 Å². The SMILES string of the molecule is Cc1ccc(-n2c(SCC(=O)c3ccc(NC(=O)C(C)(C)C)cc3)nnc2-c2ccncc2)cc1. The van der Waals surface area contributed by atoms with E-state index < -0.39 is 5.41 Å². The van der Waals surface area contributed by atoms with Crippen molar-refractivity contribution in [1.29, 1.82) is 0 Å². The van der Waals surface area contributed by atoms with Crippen molar-refractivity contribution in [2.24, 2.45) is 5.41 Å². The van der Waals surface area contributed by atoms with Gasteiger partial charge in [0.2, 0.25) is 5.91 Å². The van der Waals surface area contributed by atoms with Crippen molar-refractivity contribution in [3.8, 4) is 17.1 Å². The molecule has 1 amide bonds. The summed E-state index contributed by atoms with van der Waals surface area (Å²) in [6, 6.07) is 18.8. The third-order valence-corrected chi connectivity index (χ3v) is 6.27. The maximum absolute atomic E-state index is 12.9. The Morgan fingerprint density at radius 2 is 1.57 bits per heavy atom. The molecule has 1 N–H and O–H groups in total. The number of ketones is 1. The molecule has 0 aliphatic rings. The second-order valence-corrected chi connectivity index (χ2v) is 10.1. The third-order valence-electron chi connectivity index (χ3n) is 5.34. The maximum atomic E-state index is 12.9. The number of amides is 1. The van der Waals surface area contributed by atoms with Crippen molar-refractivity contribution in [3.63, 3.8) is 0 Å². The van der Waals surface area contributed by atoms with Crippen LogP contribution in [0.1, 0.15) is 36.7 Å². The fourth-order valence-corrected chi connectivity index (χ4v) is 4.10. The highest BCUT2D eigenvalue weighted by Gasteiger charge is 2.21. The van der Waals surface area contributed by atoms with Gasteiger partial charge in [-0.3, -0.25) is 19.1 Å². The largest absolute Gasteiger partial charge is 0.326 e. The summed E-state index contributed by atoms with van der Waals surface area (Å²) < 4.78 is 1.96. The normalized spacial score (nSPS) is 11.3.